The first-order valence-corrected chi connectivity index (χ1v) is 26.9. The van der Waals surface area contributed by atoms with Crippen LogP contribution >= 0.6 is 0 Å². The standard InChI is InChI=1S/C51H82O22/c1-20-8-13-51(64-19-20)21(2)32-28(73-51)15-27-25-7-6-23-14-24(9-11-49(23,4)26(25)10-12-50(27,32)5)66-46-40(62)36(58)44(30(17-53)68-46)72-48-41(63)37(59)43(31(18-54)69-48)71-45-39(61)35(57)42(22(3)65-45)70-47-38(60)34(56)33(55)29(16-52)67-47/h6,20-22,24-48,52-63H,7-19H2,1-5H3/t20-,21+,22+,24+,25-,26+,27-,28+,29-,30-,31-,32+,33-,34+,35+,36-,37-,38-,39-,40-,41-,42+,43-,44-,45+,46-,47+,48+,49+,50+,51-/m1/s1. The number of allylic oxidation sites excluding steroid dienone is 1. The van der Waals surface area contributed by atoms with Gasteiger partial charge >= 0.3 is 0 Å². The van der Waals surface area contributed by atoms with E-state index in [1.807, 2.05) is 0 Å². The number of hydrogen-bond acceptors (Lipinski definition) is 22. The molecular formula is C51H82O22. The van der Waals surface area contributed by atoms with Crippen molar-refractivity contribution in [1.29, 1.82) is 0 Å². The van der Waals surface area contributed by atoms with Gasteiger partial charge in [0.25, 0.3) is 0 Å². The Bertz CT molecular complexity index is 1920. The molecule has 0 aromatic heterocycles. The number of hydrogen-bond donors (Lipinski definition) is 12. The van der Waals surface area contributed by atoms with Crippen LogP contribution in [0.4, 0.5) is 0 Å². The molecule has 0 bridgehead atoms. The van der Waals surface area contributed by atoms with E-state index in [9.17, 15) is 61.3 Å². The van der Waals surface area contributed by atoms with Crippen molar-refractivity contribution < 1.29 is 109 Å². The Labute approximate surface area is 425 Å². The fourth-order valence-electron chi connectivity index (χ4n) is 15.6. The molecule has 22 heteroatoms. The third-order valence-electron chi connectivity index (χ3n) is 19.8. The van der Waals surface area contributed by atoms with Crippen molar-refractivity contribution in [2.45, 2.75) is 233 Å². The van der Waals surface area contributed by atoms with Crippen LogP contribution in [0.2, 0.25) is 0 Å². The van der Waals surface area contributed by atoms with Crippen LogP contribution in [0.3, 0.4) is 0 Å². The molecule has 418 valence electrons. The third-order valence-corrected chi connectivity index (χ3v) is 19.8. The molecular weight excluding hydrogens is 965 g/mol. The molecule has 0 unspecified atom stereocenters. The molecule has 73 heavy (non-hydrogen) atoms. The summed E-state index contributed by atoms with van der Waals surface area (Å²) in [5, 5.41) is 129. The van der Waals surface area contributed by atoms with Crippen molar-refractivity contribution in [2.24, 2.45) is 46.3 Å². The molecule has 0 amide bonds. The molecule has 6 aliphatic heterocycles. The Morgan fingerprint density at radius 3 is 1.71 bits per heavy atom. The minimum atomic E-state index is -1.95. The highest BCUT2D eigenvalue weighted by atomic mass is 16.8. The van der Waals surface area contributed by atoms with Gasteiger partial charge in [0, 0.05) is 12.3 Å². The minimum Gasteiger partial charge on any atom is -0.394 e. The number of rotatable bonds is 11. The molecule has 31 atom stereocenters. The van der Waals surface area contributed by atoms with Gasteiger partial charge in [0.15, 0.2) is 30.9 Å². The summed E-state index contributed by atoms with van der Waals surface area (Å²) in [6, 6.07) is 0. The van der Waals surface area contributed by atoms with Gasteiger partial charge in [-0.05, 0) is 98.7 Å². The van der Waals surface area contributed by atoms with Gasteiger partial charge in [0.2, 0.25) is 0 Å². The molecule has 0 aromatic rings. The third kappa shape index (κ3) is 9.42. The highest BCUT2D eigenvalue weighted by molar-refractivity contribution is 5.26. The fourth-order valence-corrected chi connectivity index (χ4v) is 15.6. The fraction of sp³-hybridized carbons (Fsp3) is 0.961. The van der Waals surface area contributed by atoms with Gasteiger partial charge < -0.3 is 109 Å². The van der Waals surface area contributed by atoms with E-state index in [0.29, 0.717) is 48.3 Å². The maximum absolute atomic E-state index is 11.5. The average molecular weight is 1050 g/mol. The van der Waals surface area contributed by atoms with Gasteiger partial charge in [-0.1, -0.05) is 39.3 Å². The summed E-state index contributed by atoms with van der Waals surface area (Å²) in [4.78, 5) is 0. The second-order valence-electron chi connectivity index (χ2n) is 23.9. The highest BCUT2D eigenvalue weighted by Gasteiger charge is 2.69. The van der Waals surface area contributed by atoms with Gasteiger partial charge in [-0.3, -0.25) is 0 Å². The zero-order valence-corrected chi connectivity index (χ0v) is 42.4. The lowest BCUT2D eigenvalue weighted by Gasteiger charge is -2.58. The minimum absolute atomic E-state index is 0.0147. The van der Waals surface area contributed by atoms with Gasteiger partial charge in [0.1, 0.15) is 91.6 Å². The molecule has 6 heterocycles. The van der Waals surface area contributed by atoms with Gasteiger partial charge in [-0.25, -0.2) is 0 Å². The monoisotopic (exact) mass is 1050 g/mol. The molecule has 6 saturated heterocycles. The predicted molar refractivity (Wildman–Crippen MR) is 247 cm³/mol. The summed E-state index contributed by atoms with van der Waals surface area (Å²) in [5.74, 6) is 2.59. The van der Waals surface area contributed by atoms with Crippen molar-refractivity contribution in [1.82, 2.24) is 0 Å². The maximum atomic E-state index is 11.5. The van der Waals surface area contributed by atoms with Crippen LogP contribution in [0, 0.1) is 46.3 Å². The second kappa shape index (κ2) is 21.2. The highest BCUT2D eigenvalue weighted by Crippen LogP contribution is 2.71. The van der Waals surface area contributed by atoms with E-state index in [2.05, 4.69) is 33.8 Å². The van der Waals surface area contributed by atoms with E-state index in [1.54, 1.807) is 0 Å². The summed E-state index contributed by atoms with van der Waals surface area (Å²) in [6.07, 6.45) is -21.6. The summed E-state index contributed by atoms with van der Waals surface area (Å²) in [7, 11) is 0. The van der Waals surface area contributed by atoms with E-state index in [4.69, 9.17) is 47.4 Å². The topological polar surface area (TPSA) is 335 Å². The molecule has 4 aliphatic carbocycles. The van der Waals surface area contributed by atoms with Crippen LogP contribution in [0.25, 0.3) is 0 Å². The molecule has 10 aliphatic rings. The number of aliphatic hydroxyl groups is 12. The smallest absolute Gasteiger partial charge is 0.187 e. The van der Waals surface area contributed by atoms with E-state index in [1.165, 1.54) is 12.5 Å². The number of ether oxygens (including phenoxy) is 10. The van der Waals surface area contributed by atoms with Crippen LogP contribution in [0.15, 0.2) is 11.6 Å². The second-order valence-corrected chi connectivity index (χ2v) is 23.9. The van der Waals surface area contributed by atoms with Crippen molar-refractivity contribution >= 4 is 0 Å². The van der Waals surface area contributed by atoms with Crippen LogP contribution in [-0.2, 0) is 47.4 Å². The summed E-state index contributed by atoms with van der Waals surface area (Å²) < 4.78 is 60.4. The lowest BCUT2D eigenvalue weighted by atomic mass is 9.47. The number of fused-ring (bicyclic) bond motifs is 7. The van der Waals surface area contributed by atoms with Crippen LogP contribution < -0.4 is 0 Å². The molecule has 12 N–H and O–H groups in total. The lowest BCUT2D eigenvalue weighted by Crippen LogP contribution is -2.67. The summed E-state index contributed by atoms with van der Waals surface area (Å²) in [6.45, 7) is 9.45. The molecule has 0 radical (unpaired) electrons. The normalized spacial score (nSPS) is 57.1. The first-order chi connectivity index (χ1) is 34.7. The zero-order chi connectivity index (χ0) is 52.2. The van der Waals surface area contributed by atoms with Crippen molar-refractivity contribution in [3.63, 3.8) is 0 Å². The van der Waals surface area contributed by atoms with Crippen molar-refractivity contribution in [3.05, 3.63) is 11.6 Å². The number of aliphatic hydroxyl groups excluding tert-OH is 12. The molecule has 3 saturated carbocycles. The average Bonchev–Trinajstić information content (AvgIpc) is 3.82. The molecule has 0 aromatic carbocycles. The molecule has 1 spiro atoms. The van der Waals surface area contributed by atoms with Crippen molar-refractivity contribution in [2.75, 3.05) is 26.4 Å². The zero-order valence-electron chi connectivity index (χ0n) is 42.4. The first-order valence-electron chi connectivity index (χ1n) is 26.9. The van der Waals surface area contributed by atoms with Crippen LogP contribution in [0.5, 0.6) is 0 Å². The van der Waals surface area contributed by atoms with Crippen molar-refractivity contribution in [3.8, 4) is 0 Å². The largest absolute Gasteiger partial charge is 0.394 e. The van der Waals surface area contributed by atoms with Gasteiger partial charge in [-0.15, -0.1) is 0 Å². The van der Waals surface area contributed by atoms with Gasteiger partial charge in [0.05, 0.1) is 44.7 Å². The van der Waals surface area contributed by atoms with Crippen LogP contribution in [0.1, 0.15) is 92.4 Å². The Hall–Kier alpha value is -1.14. The van der Waals surface area contributed by atoms with E-state index < -0.39 is 148 Å². The maximum Gasteiger partial charge on any atom is 0.187 e. The SMILES string of the molecule is C[C@@H]1CC[C@@]2(OC1)O[C@H]1C[C@@H]3[C@@H]4CC=C5C[C@@H](O[C@@H]6O[C@H](CO)[C@@H](O[C@@H]7O[C@H](CO)[C@@H](O[C@@H]8O[C@@H](C)[C@H](O[C@@H]9O[C@H](CO)[C@@H](O)[C@H](O)[C@H]9O)[C@@H](O)[C@H]8O)[C@H](O)[C@H]7O)[C@H](O)[C@H]6O)CC[C@]5(C)[C@H]4CC[C@]3(C)[C@H]1[C@@H]2C. The Kier molecular flexibility index (Phi) is 16.0. The Morgan fingerprint density at radius 1 is 0.575 bits per heavy atom. The van der Waals surface area contributed by atoms with E-state index in [-0.39, 0.29) is 23.0 Å². The molecule has 9 fully saturated rings. The Balaban J connectivity index is 0.733. The first kappa shape index (κ1) is 55.2. The lowest BCUT2D eigenvalue weighted by molar-refractivity contribution is -0.387. The van der Waals surface area contributed by atoms with Gasteiger partial charge in [-0.2, -0.15) is 0 Å². The van der Waals surface area contributed by atoms with E-state index >= 15 is 0 Å². The quantitative estimate of drug-likeness (QED) is 0.1000. The predicted octanol–water partition coefficient (Wildman–Crippen LogP) is -1.96. The van der Waals surface area contributed by atoms with Crippen LogP contribution in [-0.4, -0.2) is 229 Å². The molecule has 22 nitrogen and oxygen atoms in total. The Morgan fingerprint density at radius 2 is 1.12 bits per heavy atom. The summed E-state index contributed by atoms with van der Waals surface area (Å²) >= 11 is 0. The molecule has 10 rings (SSSR count). The van der Waals surface area contributed by atoms with E-state index in [0.717, 1.165) is 51.6 Å². The summed E-state index contributed by atoms with van der Waals surface area (Å²) in [5.41, 5.74) is 1.52.